The SMILES string of the molecule is Cc1c(C(=O)OCC(=O)Nc2ccccc2C(=O)Nc2ccc3c(c2)OCO3)oc2ccccc12. The van der Waals surface area contributed by atoms with Gasteiger partial charge < -0.3 is 29.3 Å². The van der Waals surface area contributed by atoms with Crippen LogP contribution in [-0.4, -0.2) is 31.2 Å². The van der Waals surface area contributed by atoms with Gasteiger partial charge in [0.15, 0.2) is 18.1 Å². The van der Waals surface area contributed by atoms with Crippen LogP contribution in [0.4, 0.5) is 11.4 Å². The van der Waals surface area contributed by atoms with Crippen molar-refractivity contribution in [2.75, 3.05) is 24.0 Å². The molecule has 9 nitrogen and oxygen atoms in total. The van der Waals surface area contributed by atoms with Crippen molar-refractivity contribution in [1.82, 2.24) is 0 Å². The maximum absolute atomic E-state index is 12.9. The fraction of sp³-hybridized carbons (Fsp3) is 0.115. The van der Waals surface area contributed by atoms with Crippen molar-refractivity contribution >= 4 is 40.1 Å². The number of ether oxygens (including phenoxy) is 3. The van der Waals surface area contributed by atoms with E-state index >= 15 is 0 Å². The van der Waals surface area contributed by atoms with E-state index in [1.54, 1.807) is 61.5 Å². The Kier molecular flexibility index (Phi) is 5.80. The molecule has 0 fully saturated rings. The van der Waals surface area contributed by atoms with Crippen LogP contribution in [0.25, 0.3) is 11.0 Å². The number of furan rings is 1. The van der Waals surface area contributed by atoms with Crippen LogP contribution in [0.5, 0.6) is 11.5 Å². The molecule has 35 heavy (non-hydrogen) atoms. The molecule has 176 valence electrons. The third-order valence-electron chi connectivity index (χ3n) is 5.44. The molecule has 0 bridgehead atoms. The van der Waals surface area contributed by atoms with Gasteiger partial charge in [0.05, 0.1) is 11.3 Å². The van der Waals surface area contributed by atoms with Crippen LogP contribution in [0.2, 0.25) is 0 Å². The summed E-state index contributed by atoms with van der Waals surface area (Å²) in [5, 5.41) is 6.18. The summed E-state index contributed by atoms with van der Waals surface area (Å²) in [4.78, 5) is 37.8. The fourth-order valence-electron chi connectivity index (χ4n) is 3.71. The predicted octanol–water partition coefficient (Wildman–Crippen LogP) is 4.52. The summed E-state index contributed by atoms with van der Waals surface area (Å²) < 4.78 is 21.3. The molecule has 1 aliphatic rings. The number of carbonyl (C=O) groups excluding carboxylic acids is 3. The van der Waals surface area contributed by atoms with Gasteiger partial charge in [-0.2, -0.15) is 0 Å². The van der Waals surface area contributed by atoms with Crippen molar-refractivity contribution in [3.8, 4) is 11.5 Å². The number of para-hydroxylation sites is 2. The number of hydrogen-bond donors (Lipinski definition) is 2. The van der Waals surface area contributed by atoms with Crippen molar-refractivity contribution in [1.29, 1.82) is 0 Å². The number of esters is 1. The summed E-state index contributed by atoms with van der Waals surface area (Å²) in [6.07, 6.45) is 0. The van der Waals surface area contributed by atoms with E-state index in [-0.39, 0.29) is 23.8 Å². The van der Waals surface area contributed by atoms with Gasteiger partial charge in [-0.25, -0.2) is 4.79 Å². The zero-order valence-electron chi connectivity index (χ0n) is 18.6. The number of fused-ring (bicyclic) bond motifs is 2. The second-order valence-corrected chi connectivity index (χ2v) is 7.74. The normalized spacial score (nSPS) is 11.8. The van der Waals surface area contributed by atoms with Gasteiger partial charge in [0.1, 0.15) is 5.58 Å². The second kappa shape index (κ2) is 9.22. The minimum absolute atomic E-state index is 0.0440. The molecule has 2 heterocycles. The van der Waals surface area contributed by atoms with E-state index in [1.807, 2.05) is 12.1 Å². The van der Waals surface area contributed by atoms with Gasteiger partial charge in [-0.15, -0.1) is 0 Å². The van der Waals surface area contributed by atoms with Crippen molar-refractivity contribution in [3.05, 3.63) is 83.6 Å². The molecule has 0 unspecified atom stereocenters. The lowest BCUT2D eigenvalue weighted by atomic mass is 10.1. The standard InChI is InChI=1S/C26H20N2O7/c1-15-17-6-3-5-9-20(17)35-24(15)26(31)32-13-23(29)28-19-8-4-2-7-18(19)25(30)27-16-10-11-21-22(12-16)34-14-33-21/h2-12H,13-14H2,1H3,(H,27,30)(H,28,29). The molecule has 0 saturated carbocycles. The lowest BCUT2D eigenvalue weighted by molar-refractivity contribution is -0.119. The number of aryl methyl sites for hydroxylation is 1. The Labute approximate surface area is 199 Å². The highest BCUT2D eigenvalue weighted by Gasteiger charge is 2.21. The van der Waals surface area contributed by atoms with E-state index < -0.39 is 24.4 Å². The van der Waals surface area contributed by atoms with E-state index in [4.69, 9.17) is 18.6 Å². The van der Waals surface area contributed by atoms with Crippen LogP contribution >= 0.6 is 0 Å². The molecule has 0 radical (unpaired) electrons. The third kappa shape index (κ3) is 4.51. The van der Waals surface area contributed by atoms with Gasteiger partial charge in [0, 0.05) is 22.7 Å². The quantitative estimate of drug-likeness (QED) is 0.397. The van der Waals surface area contributed by atoms with Crippen LogP contribution in [0.3, 0.4) is 0 Å². The average Bonchev–Trinajstić information content (AvgIpc) is 3.47. The van der Waals surface area contributed by atoms with Crippen LogP contribution in [0.15, 0.2) is 71.1 Å². The second-order valence-electron chi connectivity index (χ2n) is 7.74. The number of rotatable bonds is 6. The summed E-state index contributed by atoms with van der Waals surface area (Å²) in [7, 11) is 0. The largest absolute Gasteiger partial charge is 0.454 e. The molecule has 1 aliphatic heterocycles. The van der Waals surface area contributed by atoms with E-state index in [0.717, 1.165) is 5.39 Å². The van der Waals surface area contributed by atoms with Gasteiger partial charge >= 0.3 is 5.97 Å². The lowest BCUT2D eigenvalue weighted by Crippen LogP contribution is -2.23. The van der Waals surface area contributed by atoms with Gasteiger partial charge in [0.25, 0.3) is 11.8 Å². The van der Waals surface area contributed by atoms with E-state index in [0.29, 0.717) is 28.3 Å². The average molecular weight is 472 g/mol. The van der Waals surface area contributed by atoms with Crippen LogP contribution in [0, 0.1) is 6.92 Å². The minimum atomic E-state index is -0.748. The van der Waals surface area contributed by atoms with Crippen molar-refractivity contribution in [2.24, 2.45) is 0 Å². The first kappa shape index (κ1) is 22.0. The number of benzene rings is 3. The molecule has 1 aromatic heterocycles. The number of nitrogens with one attached hydrogen (secondary N) is 2. The molecular weight excluding hydrogens is 452 g/mol. The Hall–Kier alpha value is -4.79. The first-order chi connectivity index (χ1) is 17.0. The summed E-state index contributed by atoms with van der Waals surface area (Å²) in [6.45, 7) is 1.33. The predicted molar refractivity (Wildman–Crippen MR) is 127 cm³/mol. The Morgan fingerprint density at radius 3 is 2.54 bits per heavy atom. The van der Waals surface area contributed by atoms with Crippen LogP contribution < -0.4 is 20.1 Å². The minimum Gasteiger partial charge on any atom is -0.454 e. The molecule has 0 aliphatic carbocycles. The van der Waals surface area contributed by atoms with Gasteiger partial charge in [0.2, 0.25) is 12.6 Å². The monoisotopic (exact) mass is 472 g/mol. The summed E-state index contributed by atoms with van der Waals surface area (Å²) >= 11 is 0. The maximum Gasteiger partial charge on any atom is 0.375 e. The molecular formula is C26H20N2O7. The Balaban J connectivity index is 1.23. The summed E-state index contributed by atoms with van der Waals surface area (Å²) in [5.41, 5.74) is 2.21. The van der Waals surface area contributed by atoms with Crippen molar-refractivity contribution in [3.63, 3.8) is 0 Å². The molecule has 9 heteroatoms. The lowest BCUT2D eigenvalue weighted by Gasteiger charge is -2.12. The van der Waals surface area contributed by atoms with Gasteiger partial charge in [-0.05, 0) is 37.3 Å². The molecule has 0 atom stereocenters. The first-order valence-corrected chi connectivity index (χ1v) is 10.7. The highest BCUT2D eigenvalue weighted by atomic mass is 16.7. The van der Waals surface area contributed by atoms with Gasteiger partial charge in [-0.3, -0.25) is 9.59 Å². The zero-order chi connectivity index (χ0) is 24.4. The fourth-order valence-corrected chi connectivity index (χ4v) is 3.71. The van der Waals surface area contributed by atoms with Crippen LogP contribution in [-0.2, 0) is 9.53 Å². The third-order valence-corrected chi connectivity index (χ3v) is 5.44. The topological polar surface area (TPSA) is 116 Å². The van der Waals surface area contributed by atoms with E-state index in [9.17, 15) is 14.4 Å². The highest BCUT2D eigenvalue weighted by molar-refractivity contribution is 6.10. The van der Waals surface area contributed by atoms with Crippen molar-refractivity contribution < 1.29 is 33.0 Å². The maximum atomic E-state index is 12.9. The van der Waals surface area contributed by atoms with Crippen LogP contribution in [0.1, 0.15) is 26.5 Å². The molecule has 0 saturated heterocycles. The zero-order valence-corrected chi connectivity index (χ0v) is 18.6. The van der Waals surface area contributed by atoms with E-state index in [2.05, 4.69) is 10.6 Å². The first-order valence-electron chi connectivity index (χ1n) is 10.7. The molecule has 3 aromatic carbocycles. The molecule has 0 spiro atoms. The van der Waals surface area contributed by atoms with Gasteiger partial charge in [-0.1, -0.05) is 30.3 Å². The Morgan fingerprint density at radius 1 is 0.914 bits per heavy atom. The number of amides is 2. The Morgan fingerprint density at radius 2 is 1.69 bits per heavy atom. The molecule has 2 amide bonds. The summed E-state index contributed by atoms with van der Waals surface area (Å²) in [5.74, 6) is -0.607. The van der Waals surface area contributed by atoms with Crippen molar-refractivity contribution in [2.45, 2.75) is 6.92 Å². The number of carbonyl (C=O) groups is 3. The number of anilines is 2. The molecule has 2 N–H and O–H groups in total. The highest BCUT2D eigenvalue weighted by Crippen LogP contribution is 2.34. The molecule has 5 rings (SSSR count). The van der Waals surface area contributed by atoms with E-state index in [1.165, 1.54) is 0 Å². The molecule has 4 aromatic rings. The smallest absolute Gasteiger partial charge is 0.375 e. The Bertz CT molecular complexity index is 1460. The summed E-state index contributed by atoms with van der Waals surface area (Å²) in [6, 6.07) is 18.8. The number of hydrogen-bond acceptors (Lipinski definition) is 7.